The first-order valence-electron chi connectivity index (χ1n) is 6.45. The van der Waals surface area contributed by atoms with E-state index in [9.17, 15) is 20.0 Å². The van der Waals surface area contributed by atoms with Crippen LogP contribution in [0.15, 0.2) is 41.5 Å². The van der Waals surface area contributed by atoms with Crippen LogP contribution in [0.3, 0.4) is 0 Å². The Hall–Kier alpha value is -2.93. The molecular formula is C15H12ClN3O4. The van der Waals surface area contributed by atoms with Gasteiger partial charge in [0, 0.05) is 23.3 Å². The molecule has 0 saturated carbocycles. The summed E-state index contributed by atoms with van der Waals surface area (Å²) in [6.45, 7) is 1.80. The minimum Gasteiger partial charge on any atom is -0.506 e. The zero-order valence-corrected chi connectivity index (χ0v) is 12.7. The molecule has 2 rings (SSSR count). The van der Waals surface area contributed by atoms with Crippen LogP contribution in [0.5, 0.6) is 5.75 Å². The average Bonchev–Trinajstić information content (AvgIpc) is 2.51. The van der Waals surface area contributed by atoms with E-state index in [0.29, 0.717) is 5.56 Å². The van der Waals surface area contributed by atoms with Crippen LogP contribution in [0.4, 0.5) is 5.69 Å². The van der Waals surface area contributed by atoms with Crippen LogP contribution in [0.2, 0.25) is 5.02 Å². The zero-order valence-electron chi connectivity index (χ0n) is 12.0. The Morgan fingerprint density at radius 2 is 2.13 bits per heavy atom. The Balaban J connectivity index is 2.13. The molecule has 23 heavy (non-hydrogen) atoms. The number of benzene rings is 2. The minimum absolute atomic E-state index is 0.0999. The standard InChI is InChI=1S/C15H12ClN3O4/c1-9-5-11(14(20)13(16)6-9)8-17-18-15(21)10-3-2-4-12(7-10)19(22)23/h2-8,20H,1H3,(H,18,21)/b17-8+. The third kappa shape index (κ3) is 4.04. The number of amides is 1. The number of nitro benzene ring substituents is 1. The minimum atomic E-state index is -0.608. The van der Waals surface area contributed by atoms with Crippen molar-refractivity contribution < 1.29 is 14.8 Å². The molecule has 2 aromatic carbocycles. The molecule has 2 N–H and O–H groups in total. The number of carbonyl (C=O) groups excluding carboxylic acids is 1. The van der Waals surface area contributed by atoms with Gasteiger partial charge in [0.1, 0.15) is 5.75 Å². The SMILES string of the molecule is Cc1cc(Cl)c(O)c(/C=N/NC(=O)c2cccc([N+](=O)[O-])c2)c1. The second-order valence-electron chi connectivity index (χ2n) is 4.69. The van der Waals surface area contributed by atoms with Gasteiger partial charge in [0.15, 0.2) is 0 Å². The summed E-state index contributed by atoms with van der Waals surface area (Å²) >= 11 is 5.84. The fraction of sp³-hybridized carbons (Fsp3) is 0.0667. The van der Waals surface area contributed by atoms with Crippen molar-refractivity contribution in [3.8, 4) is 5.75 Å². The lowest BCUT2D eigenvalue weighted by Gasteiger charge is -2.03. The van der Waals surface area contributed by atoms with Gasteiger partial charge in [0.2, 0.25) is 0 Å². The number of nitrogens with one attached hydrogen (secondary N) is 1. The monoisotopic (exact) mass is 333 g/mol. The van der Waals surface area contributed by atoms with E-state index in [2.05, 4.69) is 10.5 Å². The van der Waals surface area contributed by atoms with Crippen LogP contribution >= 0.6 is 11.6 Å². The molecule has 0 saturated heterocycles. The normalized spacial score (nSPS) is 10.7. The molecule has 0 aliphatic rings. The molecule has 0 spiro atoms. The second-order valence-corrected chi connectivity index (χ2v) is 5.10. The molecule has 118 valence electrons. The van der Waals surface area contributed by atoms with Gasteiger partial charge >= 0.3 is 0 Å². The molecule has 0 radical (unpaired) electrons. The van der Waals surface area contributed by atoms with Crippen molar-refractivity contribution in [1.82, 2.24) is 5.43 Å². The summed E-state index contributed by atoms with van der Waals surface area (Å²) in [5.41, 5.74) is 3.30. The number of aryl methyl sites for hydroxylation is 1. The lowest BCUT2D eigenvalue weighted by molar-refractivity contribution is -0.384. The van der Waals surface area contributed by atoms with Gasteiger partial charge < -0.3 is 5.11 Å². The van der Waals surface area contributed by atoms with Gasteiger partial charge in [0.05, 0.1) is 16.2 Å². The summed E-state index contributed by atoms with van der Waals surface area (Å²) in [6.07, 6.45) is 1.24. The maximum Gasteiger partial charge on any atom is 0.271 e. The van der Waals surface area contributed by atoms with Gasteiger partial charge in [-0.25, -0.2) is 5.43 Å². The van der Waals surface area contributed by atoms with Gasteiger partial charge in [-0.1, -0.05) is 17.7 Å². The first-order valence-corrected chi connectivity index (χ1v) is 6.83. The van der Waals surface area contributed by atoms with Gasteiger partial charge in [-0.2, -0.15) is 5.10 Å². The smallest absolute Gasteiger partial charge is 0.271 e. The quantitative estimate of drug-likeness (QED) is 0.509. The molecule has 8 heteroatoms. The zero-order chi connectivity index (χ0) is 17.0. The molecular weight excluding hydrogens is 322 g/mol. The van der Waals surface area contributed by atoms with Crippen molar-refractivity contribution in [1.29, 1.82) is 0 Å². The molecule has 0 aromatic heterocycles. The molecule has 0 heterocycles. The van der Waals surface area contributed by atoms with E-state index >= 15 is 0 Å². The van der Waals surface area contributed by atoms with E-state index in [0.717, 1.165) is 11.6 Å². The Morgan fingerprint density at radius 1 is 1.39 bits per heavy atom. The highest BCUT2D eigenvalue weighted by Crippen LogP contribution is 2.27. The Bertz CT molecular complexity index is 805. The molecule has 0 aliphatic heterocycles. The highest BCUT2D eigenvalue weighted by atomic mass is 35.5. The van der Waals surface area contributed by atoms with Gasteiger partial charge in [-0.15, -0.1) is 0 Å². The lowest BCUT2D eigenvalue weighted by atomic mass is 10.1. The molecule has 0 fully saturated rings. The molecule has 2 aromatic rings. The van der Waals surface area contributed by atoms with Crippen LogP contribution in [0.25, 0.3) is 0 Å². The highest BCUT2D eigenvalue weighted by Gasteiger charge is 2.11. The van der Waals surface area contributed by atoms with E-state index in [1.54, 1.807) is 19.1 Å². The Kier molecular flexibility index (Phi) is 4.92. The number of nitrogens with zero attached hydrogens (tertiary/aromatic N) is 2. The molecule has 7 nitrogen and oxygen atoms in total. The van der Waals surface area contributed by atoms with Crippen molar-refractivity contribution in [3.05, 3.63) is 68.2 Å². The number of hydrazone groups is 1. The topological polar surface area (TPSA) is 105 Å². The molecule has 0 atom stereocenters. The van der Waals surface area contributed by atoms with E-state index in [-0.39, 0.29) is 22.0 Å². The number of halogens is 1. The summed E-state index contributed by atoms with van der Waals surface area (Å²) in [4.78, 5) is 22.0. The lowest BCUT2D eigenvalue weighted by Crippen LogP contribution is -2.17. The summed E-state index contributed by atoms with van der Waals surface area (Å²) in [5, 5.41) is 24.4. The maximum absolute atomic E-state index is 11.9. The average molecular weight is 334 g/mol. The van der Waals surface area contributed by atoms with Gasteiger partial charge in [-0.05, 0) is 30.7 Å². The van der Waals surface area contributed by atoms with Crippen LogP contribution in [-0.4, -0.2) is 22.2 Å². The fourth-order valence-corrected chi connectivity index (χ4v) is 2.13. The summed E-state index contributed by atoms with van der Waals surface area (Å²) < 4.78 is 0. The number of hydrogen-bond acceptors (Lipinski definition) is 5. The number of non-ortho nitro benzene ring substituents is 1. The van der Waals surface area contributed by atoms with Crippen molar-refractivity contribution in [3.63, 3.8) is 0 Å². The first kappa shape index (κ1) is 16.4. The Labute approximate surface area is 136 Å². The first-order chi connectivity index (χ1) is 10.9. The molecule has 1 amide bonds. The number of phenols is 1. The second kappa shape index (κ2) is 6.89. The van der Waals surface area contributed by atoms with Gasteiger partial charge in [-0.3, -0.25) is 14.9 Å². The van der Waals surface area contributed by atoms with Crippen molar-refractivity contribution >= 4 is 29.4 Å². The van der Waals surface area contributed by atoms with Crippen LogP contribution in [0, 0.1) is 17.0 Å². The molecule has 0 aliphatic carbocycles. The third-order valence-electron chi connectivity index (χ3n) is 2.93. The van der Waals surface area contributed by atoms with Gasteiger partial charge in [0.25, 0.3) is 11.6 Å². The Morgan fingerprint density at radius 3 is 2.83 bits per heavy atom. The number of phenolic OH excluding ortho intramolecular Hbond substituents is 1. The number of aromatic hydroxyl groups is 1. The largest absolute Gasteiger partial charge is 0.506 e. The van der Waals surface area contributed by atoms with Crippen molar-refractivity contribution in [2.75, 3.05) is 0 Å². The van der Waals surface area contributed by atoms with Crippen LogP contribution < -0.4 is 5.43 Å². The molecule has 0 unspecified atom stereocenters. The summed E-state index contributed by atoms with van der Waals surface area (Å²) in [5.74, 6) is -0.756. The number of hydrogen-bond donors (Lipinski definition) is 2. The van der Waals surface area contributed by atoms with Crippen molar-refractivity contribution in [2.24, 2.45) is 5.10 Å². The highest BCUT2D eigenvalue weighted by molar-refractivity contribution is 6.32. The summed E-state index contributed by atoms with van der Waals surface area (Å²) in [7, 11) is 0. The summed E-state index contributed by atoms with van der Waals surface area (Å²) in [6, 6.07) is 8.50. The number of rotatable bonds is 4. The van der Waals surface area contributed by atoms with E-state index < -0.39 is 10.8 Å². The van der Waals surface area contributed by atoms with Crippen LogP contribution in [-0.2, 0) is 0 Å². The third-order valence-corrected chi connectivity index (χ3v) is 3.21. The molecule has 0 bridgehead atoms. The predicted molar refractivity (Wildman–Crippen MR) is 86.0 cm³/mol. The predicted octanol–water partition coefficient (Wildman–Crippen LogP) is 3.03. The fourth-order valence-electron chi connectivity index (χ4n) is 1.85. The van der Waals surface area contributed by atoms with Crippen LogP contribution in [0.1, 0.15) is 21.5 Å². The van der Waals surface area contributed by atoms with E-state index in [4.69, 9.17) is 11.6 Å². The maximum atomic E-state index is 11.9. The van der Waals surface area contributed by atoms with E-state index in [1.165, 1.54) is 24.4 Å². The van der Waals surface area contributed by atoms with E-state index in [1.807, 2.05) is 0 Å². The number of nitro groups is 1. The van der Waals surface area contributed by atoms with Crippen molar-refractivity contribution in [2.45, 2.75) is 6.92 Å². The number of carbonyl (C=O) groups is 1.